The molecule has 0 saturated carbocycles. The molecule has 5 rings (SSSR count). The van der Waals surface area contributed by atoms with E-state index >= 15 is 0 Å². The Hall–Kier alpha value is -3.36. The van der Waals surface area contributed by atoms with Gasteiger partial charge in [0.15, 0.2) is 0 Å². The highest BCUT2D eigenvalue weighted by molar-refractivity contribution is 6.08. The molecular weight excluding hydrogens is 410 g/mol. The largest absolute Gasteiger partial charge is 0.489 e. The second-order valence-corrected chi connectivity index (χ2v) is 8.28. The molecule has 4 aromatic rings. The number of aliphatic hydroxyl groups is 1. The SMILES string of the molecule is Cc1oc2ccc(OCc3ccc4nccn4c3)c(C3(CO)CCOCC3)c2c1C(N)=O. The van der Waals surface area contributed by atoms with Gasteiger partial charge in [0.2, 0.25) is 0 Å². The first-order valence-corrected chi connectivity index (χ1v) is 10.6. The van der Waals surface area contributed by atoms with Gasteiger partial charge in [0, 0.05) is 53.7 Å². The van der Waals surface area contributed by atoms with Crippen molar-refractivity contribution in [3.05, 3.63) is 65.3 Å². The second kappa shape index (κ2) is 7.96. The average molecular weight is 435 g/mol. The minimum absolute atomic E-state index is 0.102. The standard InChI is InChI=1S/C24H25N3O5/c1-15-20(23(25)29)21-17(32-15)3-4-18(22(21)24(14-28)6-10-30-11-7-24)31-13-16-2-5-19-26-8-9-27(19)12-16/h2-5,8-9,12,28H,6-7,10-11,13-14H2,1H3,(H2,25,29). The van der Waals surface area contributed by atoms with Crippen LogP contribution in [0.3, 0.4) is 0 Å². The molecule has 1 aromatic carbocycles. The van der Waals surface area contributed by atoms with Crippen LogP contribution in [0.1, 0.15) is 40.1 Å². The number of benzene rings is 1. The molecule has 1 aliphatic rings. The number of pyridine rings is 1. The number of furan rings is 1. The molecule has 0 aliphatic carbocycles. The van der Waals surface area contributed by atoms with E-state index in [-0.39, 0.29) is 6.61 Å². The third-order valence-electron chi connectivity index (χ3n) is 6.37. The Morgan fingerprint density at radius 3 is 2.84 bits per heavy atom. The molecule has 4 heterocycles. The number of rotatable bonds is 6. The third kappa shape index (κ3) is 3.32. The number of carbonyl (C=O) groups excluding carboxylic acids is 1. The van der Waals surface area contributed by atoms with Crippen LogP contribution in [0, 0.1) is 6.92 Å². The number of aryl methyl sites for hydroxylation is 1. The number of hydrogen-bond donors (Lipinski definition) is 2. The zero-order valence-electron chi connectivity index (χ0n) is 17.8. The van der Waals surface area contributed by atoms with Crippen LogP contribution in [-0.2, 0) is 16.8 Å². The summed E-state index contributed by atoms with van der Waals surface area (Å²) >= 11 is 0. The van der Waals surface area contributed by atoms with Gasteiger partial charge in [0.25, 0.3) is 5.91 Å². The van der Waals surface area contributed by atoms with Crippen LogP contribution in [0.25, 0.3) is 16.6 Å². The molecule has 1 saturated heterocycles. The molecule has 3 aromatic heterocycles. The number of fused-ring (bicyclic) bond motifs is 2. The summed E-state index contributed by atoms with van der Waals surface area (Å²) in [6, 6.07) is 7.53. The van der Waals surface area contributed by atoms with Gasteiger partial charge in [-0.15, -0.1) is 0 Å². The monoisotopic (exact) mass is 435 g/mol. The lowest BCUT2D eigenvalue weighted by Gasteiger charge is -2.37. The highest BCUT2D eigenvalue weighted by atomic mass is 16.5. The molecule has 0 bridgehead atoms. The zero-order chi connectivity index (χ0) is 22.3. The number of carbonyl (C=O) groups is 1. The quantitative estimate of drug-likeness (QED) is 0.481. The molecule has 8 nitrogen and oxygen atoms in total. The fourth-order valence-electron chi connectivity index (χ4n) is 4.70. The van der Waals surface area contributed by atoms with E-state index in [2.05, 4.69) is 4.98 Å². The minimum atomic E-state index is -0.623. The van der Waals surface area contributed by atoms with E-state index in [4.69, 9.17) is 19.6 Å². The van der Waals surface area contributed by atoms with Gasteiger partial charge in [0.1, 0.15) is 29.3 Å². The number of nitrogens with two attached hydrogens (primary N) is 1. The molecular formula is C24H25N3O5. The van der Waals surface area contributed by atoms with Crippen LogP contribution in [0.4, 0.5) is 0 Å². The summed E-state index contributed by atoms with van der Waals surface area (Å²) in [5.41, 5.74) is 8.57. The summed E-state index contributed by atoms with van der Waals surface area (Å²) in [5, 5.41) is 11.1. The molecule has 0 radical (unpaired) electrons. The van der Waals surface area contributed by atoms with Crippen molar-refractivity contribution in [1.82, 2.24) is 9.38 Å². The van der Waals surface area contributed by atoms with Crippen molar-refractivity contribution in [3.8, 4) is 5.75 Å². The summed E-state index contributed by atoms with van der Waals surface area (Å²) in [4.78, 5) is 16.6. The van der Waals surface area contributed by atoms with Gasteiger partial charge in [-0.1, -0.05) is 6.07 Å². The fourth-order valence-corrected chi connectivity index (χ4v) is 4.70. The number of primary amides is 1. The van der Waals surface area contributed by atoms with Crippen LogP contribution in [0.5, 0.6) is 5.75 Å². The van der Waals surface area contributed by atoms with Crippen molar-refractivity contribution in [2.45, 2.75) is 31.8 Å². The maximum absolute atomic E-state index is 12.3. The number of nitrogens with zero attached hydrogens (tertiary/aromatic N) is 2. The molecule has 8 heteroatoms. The fraction of sp³-hybridized carbons (Fsp3) is 0.333. The number of aromatic nitrogens is 2. The Kier molecular flexibility index (Phi) is 5.11. The first kappa shape index (κ1) is 20.5. The Labute approximate surface area is 184 Å². The van der Waals surface area contributed by atoms with E-state index in [0.717, 1.165) is 16.8 Å². The van der Waals surface area contributed by atoms with Gasteiger partial charge in [0.05, 0.1) is 12.2 Å². The average Bonchev–Trinajstić information content (AvgIpc) is 3.40. The molecule has 1 fully saturated rings. The highest BCUT2D eigenvalue weighted by Crippen LogP contribution is 2.46. The maximum atomic E-state index is 12.3. The molecule has 3 N–H and O–H groups in total. The van der Waals surface area contributed by atoms with Crippen molar-refractivity contribution in [2.24, 2.45) is 5.73 Å². The molecule has 1 amide bonds. The lowest BCUT2D eigenvalue weighted by Crippen LogP contribution is -2.38. The summed E-state index contributed by atoms with van der Waals surface area (Å²) < 4.78 is 19.7. The van der Waals surface area contributed by atoms with Crippen LogP contribution in [0.15, 0.2) is 47.3 Å². The number of aliphatic hydroxyl groups excluding tert-OH is 1. The first-order valence-electron chi connectivity index (χ1n) is 10.6. The van der Waals surface area contributed by atoms with Crippen molar-refractivity contribution >= 4 is 22.5 Å². The number of ether oxygens (including phenoxy) is 2. The molecule has 1 aliphatic heterocycles. The number of amides is 1. The topological polar surface area (TPSA) is 112 Å². The predicted octanol–water partition coefficient (Wildman–Crippen LogP) is 3.11. The van der Waals surface area contributed by atoms with Crippen LogP contribution in [0.2, 0.25) is 0 Å². The molecule has 0 atom stereocenters. The van der Waals surface area contributed by atoms with Crippen molar-refractivity contribution in [3.63, 3.8) is 0 Å². The van der Waals surface area contributed by atoms with Crippen LogP contribution < -0.4 is 10.5 Å². The van der Waals surface area contributed by atoms with E-state index < -0.39 is 11.3 Å². The normalized spacial score (nSPS) is 15.9. The van der Waals surface area contributed by atoms with Gasteiger partial charge in [-0.3, -0.25) is 4.79 Å². The van der Waals surface area contributed by atoms with E-state index in [1.165, 1.54) is 0 Å². The van der Waals surface area contributed by atoms with Crippen molar-refractivity contribution in [1.29, 1.82) is 0 Å². The van der Waals surface area contributed by atoms with Gasteiger partial charge >= 0.3 is 0 Å². The predicted molar refractivity (Wildman–Crippen MR) is 118 cm³/mol. The lowest BCUT2D eigenvalue weighted by atomic mass is 9.72. The van der Waals surface area contributed by atoms with Crippen molar-refractivity contribution < 1.29 is 23.8 Å². The number of hydrogen-bond acceptors (Lipinski definition) is 6. The highest BCUT2D eigenvalue weighted by Gasteiger charge is 2.40. The minimum Gasteiger partial charge on any atom is -0.489 e. The Morgan fingerprint density at radius 1 is 1.28 bits per heavy atom. The molecule has 32 heavy (non-hydrogen) atoms. The first-order chi connectivity index (χ1) is 15.5. The summed E-state index contributed by atoms with van der Waals surface area (Å²) in [5.74, 6) is 0.490. The number of imidazole rings is 1. The molecule has 166 valence electrons. The van der Waals surface area contributed by atoms with E-state index in [9.17, 15) is 9.90 Å². The van der Waals surface area contributed by atoms with E-state index in [1.54, 1.807) is 19.2 Å². The molecule has 0 unspecified atom stereocenters. The third-order valence-corrected chi connectivity index (χ3v) is 6.37. The maximum Gasteiger partial charge on any atom is 0.252 e. The van der Waals surface area contributed by atoms with Crippen molar-refractivity contribution in [2.75, 3.05) is 19.8 Å². The zero-order valence-corrected chi connectivity index (χ0v) is 17.8. The van der Waals surface area contributed by atoms with Gasteiger partial charge in [-0.25, -0.2) is 4.98 Å². The van der Waals surface area contributed by atoms with Crippen LogP contribution in [-0.4, -0.2) is 40.2 Å². The summed E-state index contributed by atoms with van der Waals surface area (Å²) in [7, 11) is 0. The molecule has 0 spiro atoms. The Morgan fingerprint density at radius 2 is 2.09 bits per heavy atom. The van der Waals surface area contributed by atoms with E-state index in [1.807, 2.05) is 35.0 Å². The lowest BCUT2D eigenvalue weighted by molar-refractivity contribution is 0.0246. The smallest absolute Gasteiger partial charge is 0.252 e. The Bertz CT molecular complexity index is 1300. The summed E-state index contributed by atoms with van der Waals surface area (Å²) in [6.07, 6.45) is 6.79. The van der Waals surface area contributed by atoms with Gasteiger partial charge in [-0.2, -0.15) is 0 Å². The van der Waals surface area contributed by atoms with E-state index in [0.29, 0.717) is 60.7 Å². The summed E-state index contributed by atoms with van der Waals surface area (Å²) in [6.45, 7) is 2.95. The second-order valence-electron chi connectivity index (χ2n) is 8.28. The van der Waals surface area contributed by atoms with Gasteiger partial charge < -0.3 is 29.1 Å². The van der Waals surface area contributed by atoms with Gasteiger partial charge in [-0.05, 0) is 38.0 Å². The van der Waals surface area contributed by atoms with Crippen LogP contribution >= 0.6 is 0 Å². The Balaban J connectivity index is 1.64.